The zero-order valence-electron chi connectivity index (χ0n) is 10.3. The average molecular weight is 400 g/mol. The highest BCUT2D eigenvalue weighted by molar-refractivity contribution is 9.11. The predicted molar refractivity (Wildman–Crippen MR) is 85.9 cm³/mol. The number of hydrogen-bond acceptors (Lipinski definition) is 4. The molecule has 0 saturated carbocycles. The van der Waals surface area contributed by atoms with Crippen LogP contribution in [-0.4, -0.2) is 16.0 Å². The summed E-state index contributed by atoms with van der Waals surface area (Å²) in [5.41, 5.74) is 7.93. The first-order valence-corrected chi connectivity index (χ1v) is 7.30. The molecule has 4 N–H and O–H groups in total. The third-order valence-electron chi connectivity index (χ3n) is 2.61. The van der Waals surface area contributed by atoms with Crippen molar-refractivity contribution in [2.75, 3.05) is 5.32 Å². The van der Waals surface area contributed by atoms with Gasteiger partial charge in [0.15, 0.2) is 5.84 Å². The minimum atomic E-state index is -0.00308. The van der Waals surface area contributed by atoms with Crippen molar-refractivity contribution in [1.82, 2.24) is 4.98 Å². The Bertz CT molecular complexity index is 646. The van der Waals surface area contributed by atoms with E-state index < -0.39 is 0 Å². The molecule has 20 heavy (non-hydrogen) atoms. The molecule has 0 saturated heterocycles. The average Bonchev–Trinajstić information content (AvgIpc) is 2.46. The molecule has 0 aliphatic carbocycles. The van der Waals surface area contributed by atoms with Gasteiger partial charge in [-0.15, -0.1) is 0 Å². The molecule has 0 radical (unpaired) electrons. The second-order valence-corrected chi connectivity index (χ2v) is 5.78. The van der Waals surface area contributed by atoms with Crippen LogP contribution in [0.3, 0.4) is 0 Å². The SMILES string of the molecule is NC(=NO)c1cc(CNc2ccc(Br)cc2Br)ccn1. The smallest absolute Gasteiger partial charge is 0.188 e. The van der Waals surface area contributed by atoms with E-state index in [1.807, 2.05) is 24.3 Å². The van der Waals surface area contributed by atoms with Crippen molar-refractivity contribution in [3.63, 3.8) is 0 Å². The molecule has 2 aromatic rings. The Balaban J connectivity index is 2.11. The van der Waals surface area contributed by atoms with Crippen molar-refractivity contribution in [3.8, 4) is 0 Å². The number of nitrogens with zero attached hydrogens (tertiary/aromatic N) is 2. The molecule has 0 atom stereocenters. The van der Waals surface area contributed by atoms with Crippen LogP contribution in [0.25, 0.3) is 0 Å². The van der Waals surface area contributed by atoms with Crippen LogP contribution in [0.4, 0.5) is 5.69 Å². The highest BCUT2D eigenvalue weighted by Crippen LogP contribution is 2.26. The van der Waals surface area contributed by atoms with Crippen molar-refractivity contribution >= 4 is 43.4 Å². The van der Waals surface area contributed by atoms with E-state index in [4.69, 9.17) is 10.9 Å². The largest absolute Gasteiger partial charge is 0.409 e. The van der Waals surface area contributed by atoms with Gasteiger partial charge in [-0.1, -0.05) is 21.1 Å². The molecule has 0 unspecified atom stereocenters. The van der Waals surface area contributed by atoms with Crippen molar-refractivity contribution in [2.24, 2.45) is 10.9 Å². The van der Waals surface area contributed by atoms with Crippen LogP contribution in [-0.2, 0) is 6.54 Å². The number of anilines is 1. The van der Waals surface area contributed by atoms with Gasteiger partial charge in [-0.3, -0.25) is 4.98 Å². The fourth-order valence-electron chi connectivity index (χ4n) is 1.61. The topological polar surface area (TPSA) is 83.5 Å². The number of oxime groups is 1. The van der Waals surface area contributed by atoms with Crippen LogP contribution in [0.5, 0.6) is 0 Å². The molecular formula is C13H12Br2N4O. The zero-order valence-corrected chi connectivity index (χ0v) is 13.5. The normalized spacial score (nSPS) is 11.4. The summed E-state index contributed by atoms with van der Waals surface area (Å²) in [7, 11) is 0. The van der Waals surface area contributed by atoms with Crippen molar-refractivity contribution in [2.45, 2.75) is 6.54 Å². The van der Waals surface area contributed by atoms with Gasteiger partial charge >= 0.3 is 0 Å². The molecule has 0 aliphatic heterocycles. The molecule has 7 heteroatoms. The van der Waals surface area contributed by atoms with E-state index in [-0.39, 0.29) is 5.84 Å². The number of benzene rings is 1. The fourth-order valence-corrected chi connectivity index (χ4v) is 2.79. The summed E-state index contributed by atoms with van der Waals surface area (Å²) in [6.07, 6.45) is 1.63. The Kier molecular flexibility index (Phi) is 4.97. The molecule has 0 amide bonds. The number of nitrogens with two attached hydrogens (primary N) is 1. The molecule has 1 aromatic carbocycles. The van der Waals surface area contributed by atoms with E-state index in [0.717, 1.165) is 20.2 Å². The summed E-state index contributed by atoms with van der Waals surface area (Å²) in [6.45, 7) is 0.606. The summed E-state index contributed by atoms with van der Waals surface area (Å²) < 4.78 is 1.98. The van der Waals surface area contributed by atoms with Gasteiger partial charge in [0.25, 0.3) is 0 Å². The number of pyridine rings is 1. The first-order valence-electron chi connectivity index (χ1n) is 5.72. The predicted octanol–water partition coefficient (Wildman–Crippen LogP) is 3.31. The minimum Gasteiger partial charge on any atom is -0.409 e. The van der Waals surface area contributed by atoms with E-state index in [1.54, 1.807) is 12.3 Å². The molecule has 104 valence electrons. The Morgan fingerprint density at radius 3 is 2.80 bits per heavy atom. The summed E-state index contributed by atoms with van der Waals surface area (Å²) in [6, 6.07) is 9.54. The molecule has 0 spiro atoms. The van der Waals surface area contributed by atoms with Gasteiger partial charge in [0.2, 0.25) is 0 Å². The van der Waals surface area contributed by atoms with Crippen LogP contribution < -0.4 is 11.1 Å². The fraction of sp³-hybridized carbons (Fsp3) is 0.0769. The first kappa shape index (κ1) is 14.8. The van der Waals surface area contributed by atoms with Crippen LogP contribution in [0, 0.1) is 0 Å². The maximum absolute atomic E-state index is 8.65. The lowest BCUT2D eigenvalue weighted by Crippen LogP contribution is -2.15. The Hall–Kier alpha value is -1.60. The number of hydrogen-bond donors (Lipinski definition) is 3. The highest BCUT2D eigenvalue weighted by atomic mass is 79.9. The molecule has 0 aliphatic rings. The standard InChI is InChI=1S/C13H12Br2N4O/c14-9-1-2-11(10(15)6-9)18-7-8-3-4-17-12(5-8)13(16)19-20/h1-6,18,20H,7H2,(H2,16,19). The molecule has 0 bridgehead atoms. The van der Waals surface area contributed by atoms with Gasteiger partial charge < -0.3 is 16.3 Å². The molecule has 2 rings (SSSR count). The number of rotatable bonds is 4. The monoisotopic (exact) mass is 398 g/mol. The summed E-state index contributed by atoms with van der Waals surface area (Å²) in [5.74, 6) is -0.00308. The van der Waals surface area contributed by atoms with Crippen molar-refractivity contribution < 1.29 is 5.21 Å². The molecule has 1 heterocycles. The number of amidine groups is 1. The van der Waals surface area contributed by atoms with E-state index in [1.165, 1.54) is 0 Å². The van der Waals surface area contributed by atoms with Crippen LogP contribution in [0.15, 0.2) is 50.6 Å². The second kappa shape index (κ2) is 6.71. The van der Waals surface area contributed by atoms with Gasteiger partial charge in [0.05, 0.1) is 0 Å². The quantitative estimate of drug-likeness (QED) is 0.318. The molecule has 0 fully saturated rings. The van der Waals surface area contributed by atoms with Crippen LogP contribution in [0.2, 0.25) is 0 Å². The minimum absolute atomic E-state index is 0.00308. The molecular weight excluding hydrogens is 388 g/mol. The van der Waals surface area contributed by atoms with E-state index >= 15 is 0 Å². The summed E-state index contributed by atoms with van der Waals surface area (Å²) >= 11 is 6.90. The molecule has 1 aromatic heterocycles. The second-order valence-electron chi connectivity index (χ2n) is 4.01. The van der Waals surface area contributed by atoms with Gasteiger partial charge in [-0.2, -0.15) is 0 Å². The lowest BCUT2D eigenvalue weighted by atomic mass is 10.2. The summed E-state index contributed by atoms with van der Waals surface area (Å²) in [5, 5.41) is 14.9. The Morgan fingerprint density at radius 1 is 1.30 bits per heavy atom. The van der Waals surface area contributed by atoms with E-state index in [9.17, 15) is 0 Å². The third kappa shape index (κ3) is 3.71. The van der Waals surface area contributed by atoms with Gasteiger partial charge in [-0.25, -0.2) is 0 Å². The number of halogens is 2. The summed E-state index contributed by atoms with van der Waals surface area (Å²) in [4.78, 5) is 4.04. The van der Waals surface area contributed by atoms with Gasteiger partial charge in [0.1, 0.15) is 5.69 Å². The third-order valence-corrected chi connectivity index (χ3v) is 3.76. The van der Waals surface area contributed by atoms with Crippen LogP contribution >= 0.6 is 31.9 Å². The Labute approximate surface area is 133 Å². The maximum atomic E-state index is 8.65. The van der Waals surface area contributed by atoms with E-state index in [0.29, 0.717) is 12.2 Å². The van der Waals surface area contributed by atoms with Crippen molar-refractivity contribution in [3.05, 3.63) is 56.7 Å². The van der Waals surface area contributed by atoms with Gasteiger partial charge in [0, 0.05) is 27.4 Å². The number of nitrogens with one attached hydrogen (secondary N) is 1. The maximum Gasteiger partial charge on any atom is 0.188 e. The number of aromatic nitrogens is 1. The lowest BCUT2D eigenvalue weighted by Gasteiger charge is -2.09. The highest BCUT2D eigenvalue weighted by Gasteiger charge is 2.04. The molecule has 5 nitrogen and oxygen atoms in total. The Morgan fingerprint density at radius 2 is 2.10 bits per heavy atom. The van der Waals surface area contributed by atoms with E-state index in [2.05, 4.69) is 47.3 Å². The van der Waals surface area contributed by atoms with Gasteiger partial charge in [-0.05, 0) is 51.8 Å². The van der Waals surface area contributed by atoms with Crippen LogP contribution in [0.1, 0.15) is 11.3 Å². The first-order chi connectivity index (χ1) is 9.60. The van der Waals surface area contributed by atoms with Crippen molar-refractivity contribution in [1.29, 1.82) is 0 Å². The zero-order chi connectivity index (χ0) is 14.5. The lowest BCUT2D eigenvalue weighted by molar-refractivity contribution is 0.318.